The number of nitrogens with zero attached hydrogens (tertiary/aromatic N) is 1. The van der Waals surface area contributed by atoms with E-state index in [2.05, 4.69) is 26.1 Å². The summed E-state index contributed by atoms with van der Waals surface area (Å²) in [6.45, 7) is 7.06. The average molecular weight is 411 g/mol. The van der Waals surface area contributed by atoms with Gasteiger partial charge in [-0.3, -0.25) is 9.59 Å². The molecule has 1 aliphatic heterocycles. The molecule has 0 bridgehead atoms. The lowest BCUT2D eigenvalue weighted by Gasteiger charge is -2.29. The van der Waals surface area contributed by atoms with Crippen molar-refractivity contribution >= 4 is 23.2 Å². The van der Waals surface area contributed by atoms with Gasteiger partial charge in [-0.15, -0.1) is 0 Å². The number of carbonyl (C=O) groups excluding carboxylic acids is 2. The van der Waals surface area contributed by atoms with Crippen LogP contribution in [0.4, 0.5) is 11.4 Å². The van der Waals surface area contributed by atoms with E-state index in [9.17, 15) is 9.59 Å². The lowest BCUT2D eigenvalue weighted by Crippen LogP contribution is -2.37. The maximum absolute atomic E-state index is 12.4. The van der Waals surface area contributed by atoms with Crippen molar-refractivity contribution in [1.29, 1.82) is 0 Å². The molecule has 6 nitrogen and oxygen atoms in total. The van der Waals surface area contributed by atoms with Gasteiger partial charge in [0.05, 0.1) is 0 Å². The Labute approximate surface area is 178 Å². The van der Waals surface area contributed by atoms with Crippen LogP contribution in [0.5, 0.6) is 5.75 Å². The number of hydrogen-bond donors (Lipinski definition) is 1. The fourth-order valence-corrected chi connectivity index (χ4v) is 3.51. The molecule has 0 aromatic heterocycles. The first-order valence-electron chi connectivity index (χ1n) is 10.2. The van der Waals surface area contributed by atoms with Crippen molar-refractivity contribution < 1.29 is 19.1 Å². The van der Waals surface area contributed by atoms with E-state index in [1.165, 1.54) is 12.7 Å². The highest BCUT2D eigenvalue weighted by atomic mass is 16.5. The Balaban J connectivity index is 1.62. The molecule has 3 rings (SSSR count). The molecular formula is C24H30N2O4. The lowest BCUT2D eigenvalue weighted by atomic mass is 9.87. The number of methoxy groups -OCH3 is 1. The zero-order valence-electron chi connectivity index (χ0n) is 18.2. The fourth-order valence-electron chi connectivity index (χ4n) is 3.51. The first-order valence-corrected chi connectivity index (χ1v) is 10.2. The maximum Gasteiger partial charge on any atom is 0.262 e. The van der Waals surface area contributed by atoms with Crippen molar-refractivity contribution in [3.8, 4) is 5.75 Å². The second-order valence-electron chi connectivity index (χ2n) is 8.54. The summed E-state index contributed by atoms with van der Waals surface area (Å²) in [5.41, 5.74) is 3.85. The van der Waals surface area contributed by atoms with Crippen LogP contribution in [0, 0.1) is 0 Å². The summed E-state index contributed by atoms with van der Waals surface area (Å²) in [6.07, 6.45) is 1.82. The molecule has 6 heteroatoms. The molecule has 1 heterocycles. The van der Waals surface area contributed by atoms with Gasteiger partial charge in [0, 0.05) is 25.0 Å². The summed E-state index contributed by atoms with van der Waals surface area (Å²) in [5, 5.41) is 2.86. The minimum absolute atomic E-state index is 0.0396. The summed E-state index contributed by atoms with van der Waals surface area (Å²) >= 11 is 0. The van der Waals surface area contributed by atoms with Crippen molar-refractivity contribution in [3.63, 3.8) is 0 Å². The largest absolute Gasteiger partial charge is 0.484 e. The third kappa shape index (κ3) is 5.39. The van der Waals surface area contributed by atoms with E-state index in [0.717, 1.165) is 24.1 Å². The fraction of sp³-hybridized carbons (Fsp3) is 0.417. The third-order valence-corrected chi connectivity index (χ3v) is 5.15. The van der Waals surface area contributed by atoms with E-state index in [0.29, 0.717) is 18.0 Å². The molecule has 160 valence electrons. The van der Waals surface area contributed by atoms with Crippen molar-refractivity contribution in [1.82, 2.24) is 0 Å². The smallest absolute Gasteiger partial charge is 0.262 e. The molecule has 0 atom stereocenters. The number of rotatable bonds is 6. The highest BCUT2D eigenvalue weighted by molar-refractivity contribution is 5.97. The second kappa shape index (κ2) is 9.30. The highest BCUT2D eigenvalue weighted by Crippen LogP contribution is 2.30. The zero-order valence-corrected chi connectivity index (χ0v) is 18.2. The van der Waals surface area contributed by atoms with Crippen LogP contribution in [0.25, 0.3) is 0 Å². The number of nitrogens with one attached hydrogen (secondary N) is 1. The van der Waals surface area contributed by atoms with E-state index in [4.69, 9.17) is 9.47 Å². The molecule has 1 aliphatic rings. The van der Waals surface area contributed by atoms with Crippen molar-refractivity contribution in [2.45, 2.75) is 39.0 Å². The molecule has 2 amide bonds. The Bertz CT molecular complexity index is 900. The highest BCUT2D eigenvalue weighted by Gasteiger charge is 2.23. The number of fused-ring (bicyclic) bond motifs is 1. The Morgan fingerprint density at radius 3 is 2.47 bits per heavy atom. The number of ether oxygens (including phenoxy) is 2. The van der Waals surface area contributed by atoms with Gasteiger partial charge in [-0.2, -0.15) is 0 Å². The maximum atomic E-state index is 12.4. The van der Waals surface area contributed by atoms with Gasteiger partial charge in [0.25, 0.3) is 11.8 Å². The van der Waals surface area contributed by atoms with E-state index in [1.807, 2.05) is 42.5 Å². The number of benzene rings is 2. The van der Waals surface area contributed by atoms with Crippen LogP contribution in [0.15, 0.2) is 42.5 Å². The first kappa shape index (κ1) is 21.8. The van der Waals surface area contributed by atoms with Gasteiger partial charge in [0.2, 0.25) is 0 Å². The van der Waals surface area contributed by atoms with Gasteiger partial charge in [-0.05, 0) is 53.6 Å². The molecule has 1 N–H and O–H groups in total. The molecule has 0 fully saturated rings. The summed E-state index contributed by atoms with van der Waals surface area (Å²) in [7, 11) is 1.51. The van der Waals surface area contributed by atoms with Crippen LogP contribution in [0.1, 0.15) is 38.3 Å². The van der Waals surface area contributed by atoms with Crippen molar-refractivity contribution in [2.24, 2.45) is 0 Å². The topological polar surface area (TPSA) is 67.9 Å². The SMILES string of the molecule is COCC(=O)N1CCCc2ccc(NC(=O)COc3ccc(C(C)(C)C)cc3)cc21. The van der Waals surface area contributed by atoms with Gasteiger partial charge < -0.3 is 19.7 Å². The van der Waals surface area contributed by atoms with Crippen molar-refractivity contribution in [2.75, 3.05) is 37.1 Å². The predicted molar refractivity (Wildman–Crippen MR) is 118 cm³/mol. The summed E-state index contributed by atoms with van der Waals surface area (Å²) in [4.78, 5) is 26.4. The van der Waals surface area contributed by atoms with E-state index >= 15 is 0 Å². The van der Waals surface area contributed by atoms with Gasteiger partial charge in [-0.25, -0.2) is 0 Å². The monoisotopic (exact) mass is 410 g/mol. The van der Waals surface area contributed by atoms with E-state index in [1.54, 1.807) is 4.90 Å². The number of hydrogen-bond acceptors (Lipinski definition) is 4. The van der Waals surface area contributed by atoms with Gasteiger partial charge in [-0.1, -0.05) is 39.0 Å². The zero-order chi connectivity index (χ0) is 21.7. The van der Waals surface area contributed by atoms with E-state index in [-0.39, 0.29) is 30.4 Å². The number of carbonyl (C=O) groups is 2. The van der Waals surface area contributed by atoms with Crippen LogP contribution >= 0.6 is 0 Å². The Kier molecular flexibility index (Phi) is 6.77. The Morgan fingerprint density at radius 2 is 1.80 bits per heavy atom. The Hall–Kier alpha value is -2.86. The quantitative estimate of drug-likeness (QED) is 0.784. The molecule has 30 heavy (non-hydrogen) atoms. The van der Waals surface area contributed by atoms with E-state index < -0.39 is 0 Å². The molecule has 0 aliphatic carbocycles. The summed E-state index contributed by atoms with van der Waals surface area (Å²) in [6, 6.07) is 13.5. The molecule has 2 aromatic rings. The van der Waals surface area contributed by atoms with Gasteiger partial charge in [0.15, 0.2) is 6.61 Å². The molecule has 0 radical (unpaired) electrons. The normalized spacial score (nSPS) is 13.5. The molecule has 2 aromatic carbocycles. The van der Waals surface area contributed by atoms with Crippen molar-refractivity contribution in [3.05, 3.63) is 53.6 Å². The predicted octanol–water partition coefficient (Wildman–Crippen LogP) is 3.93. The third-order valence-electron chi connectivity index (χ3n) is 5.15. The first-order chi connectivity index (χ1) is 14.3. The van der Waals surface area contributed by atoms with Gasteiger partial charge in [0.1, 0.15) is 12.4 Å². The van der Waals surface area contributed by atoms with Crippen LogP contribution < -0.4 is 15.0 Å². The number of amides is 2. The molecule has 0 saturated carbocycles. The standard InChI is InChI=1S/C24H30N2O4/c1-24(2,3)18-8-11-20(12-9-18)30-15-22(27)25-19-10-7-17-6-5-13-26(21(17)14-19)23(28)16-29-4/h7-12,14H,5-6,13,15-16H2,1-4H3,(H,25,27). The number of anilines is 2. The summed E-state index contributed by atoms with van der Waals surface area (Å²) in [5.74, 6) is 0.323. The minimum Gasteiger partial charge on any atom is -0.484 e. The Morgan fingerprint density at radius 1 is 1.07 bits per heavy atom. The lowest BCUT2D eigenvalue weighted by molar-refractivity contribution is -0.122. The molecule has 0 saturated heterocycles. The van der Waals surface area contributed by atoms with Crippen LogP contribution in [-0.2, 0) is 26.2 Å². The minimum atomic E-state index is -0.250. The van der Waals surface area contributed by atoms with Gasteiger partial charge >= 0.3 is 0 Å². The van der Waals surface area contributed by atoms with Crippen LogP contribution in [-0.4, -0.2) is 38.7 Å². The molecule has 0 unspecified atom stereocenters. The van der Waals surface area contributed by atoms with Crippen LogP contribution in [0.3, 0.4) is 0 Å². The molecular weight excluding hydrogens is 380 g/mol. The number of aryl methyl sites for hydroxylation is 1. The van der Waals surface area contributed by atoms with Crippen LogP contribution in [0.2, 0.25) is 0 Å². The molecule has 0 spiro atoms. The summed E-state index contributed by atoms with van der Waals surface area (Å²) < 4.78 is 10.6. The second-order valence-corrected chi connectivity index (χ2v) is 8.54. The average Bonchev–Trinajstić information content (AvgIpc) is 2.71.